The largest absolute Gasteiger partial charge is 0.485 e. The van der Waals surface area contributed by atoms with Gasteiger partial charge in [0.1, 0.15) is 6.61 Å². The van der Waals surface area contributed by atoms with Gasteiger partial charge in [0.2, 0.25) is 6.10 Å². The van der Waals surface area contributed by atoms with Crippen LogP contribution < -0.4 is 9.47 Å². The first-order chi connectivity index (χ1) is 8.31. The number of fused-ring (bicyclic) bond motifs is 1. The lowest BCUT2D eigenvalue weighted by Gasteiger charge is -2.24. The van der Waals surface area contributed by atoms with Gasteiger partial charge in [-0.3, -0.25) is 0 Å². The molecule has 0 spiro atoms. The second-order valence-corrected chi connectivity index (χ2v) is 3.89. The zero-order chi connectivity index (χ0) is 12.1. The zero-order valence-corrected chi connectivity index (χ0v) is 9.85. The molecule has 0 unspecified atom stereocenters. The van der Waals surface area contributed by atoms with E-state index in [4.69, 9.17) is 14.2 Å². The maximum absolute atomic E-state index is 11.7. The number of benzene rings is 1. The minimum atomic E-state index is -0.651. The third-order valence-corrected chi connectivity index (χ3v) is 2.51. The number of rotatable bonds is 4. The monoisotopic (exact) mass is 236 g/mol. The van der Waals surface area contributed by atoms with Crippen molar-refractivity contribution < 1.29 is 19.0 Å². The van der Waals surface area contributed by atoms with E-state index in [-0.39, 0.29) is 12.6 Å². The first kappa shape index (κ1) is 11.8. The van der Waals surface area contributed by atoms with Crippen LogP contribution in [0.4, 0.5) is 0 Å². The van der Waals surface area contributed by atoms with Crippen LogP contribution in [0.3, 0.4) is 0 Å². The van der Waals surface area contributed by atoms with Crippen LogP contribution in [0.2, 0.25) is 0 Å². The van der Waals surface area contributed by atoms with Crippen LogP contribution in [0.15, 0.2) is 24.3 Å². The van der Waals surface area contributed by atoms with Crippen molar-refractivity contribution in [3.05, 3.63) is 24.3 Å². The van der Waals surface area contributed by atoms with Crippen LogP contribution in [-0.2, 0) is 9.53 Å². The van der Waals surface area contributed by atoms with Gasteiger partial charge in [0.15, 0.2) is 11.5 Å². The molecule has 0 saturated heterocycles. The molecule has 0 N–H and O–H groups in total. The van der Waals surface area contributed by atoms with Gasteiger partial charge in [-0.1, -0.05) is 25.5 Å². The Kier molecular flexibility index (Phi) is 3.85. The SMILES string of the molecule is CCCCOC(=O)[C@@H]1COc2ccccc2O1. The zero-order valence-electron chi connectivity index (χ0n) is 9.85. The lowest BCUT2D eigenvalue weighted by Crippen LogP contribution is -2.37. The van der Waals surface area contributed by atoms with Crippen molar-refractivity contribution in [3.63, 3.8) is 0 Å². The summed E-state index contributed by atoms with van der Waals surface area (Å²) in [5, 5.41) is 0. The van der Waals surface area contributed by atoms with Crippen molar-refractivity contribution in [1.82, 2.24) is 0 Å². The summed E-state index contributed by atoms with van der Waals surface area (Å²) in [6.45, 7) is 2.70. The first-order valence-corrected chi connectivity index (χ1v) is 5.86. The molecule has 17 heavy (non-hydrogen) atoms. The van der Waals surface area contributed by atoms with Gasteiger partial charge >= 0.3 is 5.97 Å². The normalized spacial score (nSPS) is 17.6. The van der Waals surface area contributed by atoms with Crippen LogP contribution in [0, 0.1) is 0 Å². The number of hydrogen-bond donors (Lipinski definition) is 0. The molecule has 2 rings (SSSR count). The summed E-state index contributed by atoms with van der Waals surface area (Å²) in [5.41, 5.74) is 0. The molecular weight excluding hydrogens is 220 g/mol. The summed E-state index contributed by atoms with van der Waals surface area (Å²) >= 11 is 0. The van der Waals surface area contributed by atoms with E-state index in [1.165, 1.54) is 0 Å². The van der Waals surface area contributed by atoms with Crippen LogP contribution in [-0.4, -0.2) is 25.3 Å². The molecule has 1 aliphatic rings. The third-order valence-electron chi connectivity index (χ3n) is 2.51. The van der Waals surface area contributed by atoms with E-state index >= 15 is 0 Å². The minimum absolute atomic E-state index is 0.210. The summed E-state index contributed by atoms with van der Waals surface area (Å²) in [4.78, 5) is 11.7. The number of esters is 1. The molecule has 1 aromatic carbocycles. The van der Waals surface area contributed by atoms with Gasteiger partial charge in [0, 0.05) is 0 Å². The third kappa shape index (κ3) is 2.90. The molecule has 0 bridgehead atoms. The molecule has 0 saturated carbocycles. The summed E-state index contributed by atoms with van der Waals surface area (Å²) in [6, 6.07) is 7.30. The lowest BCUT2D eigenvalue weighted by molar-refractivity contribution is -0.154. The topological polar surface area (TPSA) is 44.8 Å². The van der Waals surface area contributed by atoms with E-state index in [2.05, 4.69) is 0 Å². The molecule has 1 aromatic rings. The van der Waals surface area contributed by atoms with Crippen molar-refractivity contribution in [1.29, 1.82) is 0 Å². The number of carbonyl (C=O) groups excluding carboxylic acids is 1. The van der Waals surface area contributed by atoms with Gasteiger partial charge < -0.3 is 14.2 Å². The van der Waals surface area contributed by atoms with Gasteiger partial charge in [-0.25, -0.2) is 4.79 Å². The highest BCUT2D eigenvalue weighted by Crippen LogP contribution is 2.31. The van der Waals surface area contributed by atoms with Gasteiger partial charge in [-0.05, 0) is 18.6 Å². The molecule has 1 aliphatic heterocycles. The molecule has 1 heterocycles. The number of para-hydroxylation sites is 2. The maximum atomic E-state index is 11.7. The smallest absolute Gasteiger partial charge is 0.350 e. The molecule has 0 radical (unpaired) electrons. The second-order valence-electron chi connectivity index (χ2n) is 3.89. The van der Waals surface area contributed by atoms with E-state index in [0.29, 0.717) is 18.1 Å². The second kappa shape index (κ2) is 5.57. The molecule has 4 heteroatoms. The van der Waals surface area contributed by atoms with E-state index in [1.807, 2.05) is 25.1 Å². The Hall–Kier alpha value is -1.71. The van der Waals surface area contributed by atoms with Gasteiger partial charge in [-0.2, -0.15) is 0 Å². The molecule has 0 fully saturated rings. The Bertz CT molecular complexity index is 389. The number of carbonyl (C=O) groups is 1. The first-order valence-electron chi connectivity index (χ1n) is 5.86. The van der Waals surface area contributed by atoms with Gasteiger partial charge in [0.25, 0.3) is 0 Å². The molecule has 1 atom stereocenters. The van der Waals surface area contributed by atoms with Gasteiger partial charge in [0.05, 0.1) is 6.61 Å². The summed E-state index contributed by atoms with van der Waals surface area (Å²) < 4.78 is 16.1. The molecule has 4 nitrogen and oxygen atoms in total. The fourth-order valence-corrected chi connectivity index (χ4v) is 1.55. The Morgan fingerprint density at radius 2 is 2.18 bits per heavy atom. The fraction of sp³-hybridized carbons (Fsp3) is 0.462. The molecule has 0 amide bonds. The van der Waals surface area contributed by atoms with E-state index in [1.54, 1.807) is 6.07 Å². The van der Waals surface area contributed by atoms with Crippen molar-refractivity contribution >= 4 is 5.97 Å². The Labute approximate surface area is 100 Å². The fourth-order valence-electron chi connectivity index (χ4n) is 1.55. The van der Waals surface area contributed by atoms with Crippen molar-refractivity contribution in [3.8, 4) is 11.5 Å². The molecular formula is C13H16O4. The van der Waals surface area contributed by atoms with Crippen LogP contribution in [0.1, 0.15) is 19.8 Å². The average molecular weight is 236 g/mol. The van der Waals surface area contributed by atoms with Crippen LogP contribution >= 0.6 is 0 Å². The maximum Gasteiger partial charge on any atom is 0.350 e. The van der Waals surface area contributed by atoms with Crippen LogP contribution in [0.25, 0.3) is 0 Å². The number of hydrogen-bond acceptors (Lipinski definition) is 4. The highest BCUT2D eigenvalue weighted by Gasteiger charge is 2.28. The Balaban J connectivity index is 1.91. The summed E-state index contributed by atoms with van der Waals surface area (Å²) in [7, 11) is 0. The summed E-state index contributed by atoms with van der Waals surface area (Å²) in [5.74, 6) is 0.911. The number of ether oxygens (including phenoxy) is 3. The van der Waals surface area contributed by atoms with E-state index in [9.17, 15) is 4.79 Å². The Morgan fingerprint density at radius 1 is 1.41 bits per heavy atom. The standard InChI is InChI=1S/C13H16O4/c1-2-3-8-15-13(14)12-9-16-10-6-4-5-7-11(10)17-12/h4-7,12H,2-3,8-9H2,1H3/t12-/m0/s1. The molecule has 0 aliphatic carbocycles. The summed E-state index contributed by atoms with van der Waals surface area (Å²) in [6.07, 6.45) is 1.22. The highest BCUT2D eigenvalue weighted by atomic mass is 16.6. The van der Waals surface area contributed by atoms with Crippen molar-refractivity contribution in [2.45, 2.75) is 25.9 Å². The molecule has 92 valence electrons. The van der Waals surface area contributed by atoms with Crippen molar-refractivity contribution in [2.75, 3.05) is 13.2 Å². The number of unbranched alkanes of at least 4 members (excludes halogenated alkanes) is 1. The van der Waals surface area contributed by atoms with E-state index < -0.39 is 6.10 Å². The molecule has 0 aromatic heterocycles. The average Bonchev–Trinajstić information content (AvgIpc) is 2.38. The minimum Gasteiger partial charge on any atom is -0.485 e. The van der Waals surface area contributed by atoms with Gasteiger partial charge in [-0.15, -0.1) is 0 Å². The quantitative estimate of drug-likeness (QED) is 0.593. The highest BCUT2D eigenvalue weighted by molar-refractivity contribution is 5.75. The van der Waals surface area contributed by atoms with E-state index in [0.717, 1.165) is 12.8 Å². The predicted molar refractivity (Wildman–Crippen MR) is 62.2 cm³/mol. The Morgan fingerprint density at radius 3 is 2.94 bits per heavy atom. The van der Waals surface area contributed by atoms with Crippen LogP contribution in [0.5, 0.6) is 11.5 Å². The van der Waals surface area contributed by atoms with Crippen molar-refractivity contribution in [2.24, 2.45) is 0 Å². The lowest BCUT2D eigenvalue weighted by atomic mass is 10.2. The predicted octanol–water partition coefficient (Wildman–Crippen LogP) is 2.17.